The van der Waals surface area contributed by atoms with Crippen LogP contribution in [0.5, 0.6) is 0 Å². The lowest BCUT2D eigenvalue weighted by Gasteiger charge is -2.14. The molecule has 2 aromatic carbocycles. The van der Waals surface area contributed by atoms with Gasteiger partial charge in [-0.3, -0.25) is 14.5 Å². The SMILES string of the molecule is Cc1cn(CCCN2C(=O)c3ccccc3C2=O)c(Cc2ccccc2)n1. The number of imidazole rings is 1. The number of aromatic nitrogens is 2. The standard InChI is InChI=1S/C22H21N3O2/c1-16-15-24(20(23-16)14-17-8-3-2-4-9-17)12-7-13-25-21(26)18-10-5-6-11-19(18)22(25)27/h2-6,8-11,15H,7,12-14H2,1H3. The van der Waals surface area contributed by atoms with Gasteiger partial charge in [-0.15, -0.1) is 0 Å². The summed E-state index contributed by atoms with van der Waals surface area (Å²) in [6, 6.07) is 17.2. The molecular formula is C22H21N3O2. The van der Waals surface area contributed by atoms with Crippen LogP contribution in [0, 0.1) is 6.92 Å². The number of aryl methyl sites for hydroxylation is 2. The van der Waals surface area contributed by atoms with Crippen LogP contribution in [-0.2, 0) is 13.0 Å². The van der Waals surface area contributed by atoms with Crippen molar-refractivity contribution >= 4 is 11.8 Å². The number of fused-ring (bicyclic) bond motifs is 1. The van der Waals surface area contributed by atoms with Crippen LogP contribution in [0.3, 0.4) is 0 Å². The first-order chi connectivity index (χ1) is 13.1. The highest BCUT2D eigenvalue weighted by Crippen LogP contribution is 2.22. The zero-order chi connectivity index (χ0) is 18.8. The van der Waals surface area contributed by atoms with Crippen LogP contribution in [0.2, 0.25) is 0 Å². The van der Waals surface area contributed by atoms with Crippen molar-refractivity contribution in [3.63, 3.8) is 0 Å². The molecule has 5 nitrogen and oxygen atoms in total. The molecule has 0 unspecified atom stereocenters. The summed E-state index contributed by atoms with van der Waals surface area (Å²) in [7, 11) is 0. The van der Waals surface area contributed by atoms with Crippen LogP contribution in [0.1, 0.15) is 44.2 Å². The van der Waals surface area contributed by atoms with E-state index in [0.717, 1.165) is 24.5 Å². The van der Waals surface area contributed by atoms with E-state index in [9.17, 15) is 9.59 Å². The predicted octanol–water partition coefficient (Wildman–Crippen LogP) is 3.47. The summed E-state index contributed by atoms with van der Waals surface area (Å²) in [5.74, 6) is 0.616. The third-order valence-electron chi connectivity index (χ3n) is 4.84. The van der Waals surface area contributed by atoms with Gasteiger partial charge in [0.05, 0.1) is 16.8 Å². The Labute approximate surface area is 158 Å². The molecule has 5 heteroatoms. The summed E-state index contributed by atoms with van der Waals surface area (Å²) in [4.78, 5) is 30.9. The molecule has 0 bridgehead atoms. The minimum atomic E-state index is -0.193. The molecule has 1 aliphatic rings. The molecule has 2 amide bonds. The van der Waals surface area contributed by atoms with E-state index in [1.807, 2.05) is 31.3 Å². The third-order valence-corrected chi connectivity index (χ3v) is 4.84. The summed E-state index contributed by atoms with van der Waals surface area (Å²) in [6.07, 6.45) is 3.49. The highest BCUT2D eigenvalue weighted by Gasteiger charge is 2.34. The molecule has 0 saturated heterocycles. The minimum absolute atomic E-state index is 0.193. The molecule has 0 saturated carbocycles. The fourth-order valence-electron chi connectivity index (χ4n) is 3.55. The lowest BCUT2D eigenvalue weighted by molar-refractivity contribution is 0.0650. The van der Waals surface area contributed by atoms with Gasteiger partial charge in [0, 0.05) is 25.7 Å². The zero-order valence-corrected chi connectivity index (χ0v) is 15.3. The van der Waals surface area contributed by atoms with E-state index in [-0.39, 0.29) is 11.8 Å². The lowest BCUT2D eigenvalue weighted by atomic mass is 10.1. The monoisotopic (exact) mass is 359 g/mol. The van der Waals surface area contributed by atoms with Crippen LogP contribution in [0.25, 0.3) is 0 Å². The second kappa shape index (κ2) is 7.19. The van der Waals surface area contributed by atoms with E-state index in [4.69, 9.17) is 0 Å². The maximum atomic E-state index is 12.4. The van der Waals surface area contributed by atoms with Crippen molar-refractivity contribution in [1.82, 2.24) is 14.5 Å². The number of rotatable bonds is 6. The van der Waals surface area contributed by atoms with Gasteiger partial charge in [-0.05, 0) is 31.0 Å². The van der Waals surface area contributed by atoms with E-state index in [1.165, 1.54) is 10.5 Å². The quantitative estimate of drug-likeness (QED) is 0.633. The number of imide groups is 1. The summed E-state index contributed by atoms with van der Waals surface area (Å²) >= 11 is 0. The van der Waals surface area contributed by atoms with Gasteiger partial charge in [0.25, 0.3) is 11.8 Å². The third kappa shape index (κ3) is 3.40. The fraction of sp³-hybridized carbons (Fsp3) is 0.227. The van der Waals surface area contributed by atoms with Crippen molar-refractivity contribution in [3.05, 3.63) is 89.0 Å². The summed E-state index contributed by atoms with van der Waals surface area (Å²) < 4.78 is 2.13. The Kier molecular flexibility index (Phi) is 4.59. The Bertz CT molecular complexity index is 957. The van der Waals surface area contributed by atoms with Gasteiger partial charge in [-0.25, -0.2) is 4.98 Å². The van der Waals surface area contributed by atoms with Gasteiger partial charge in [-0.2, -0.15) is 0 Å². The van der Waals surface area contributed by atoms with Gasteiger partial charge in [0.1, 0.15) is 5.82 Å². The van der Waals surface area contributed by atoms with Crippen molar-refractivity contribution < 1.29 is 9.59 Å². The van der Waals surface area contributed by atoms with E-state index >= 15 is 0 Å². The molecule has 2 heterocycles. The summed E-state index contributed by atoms with van der Waals surface area (Å²) in [5.41, 5.74) is 3.20. The molecule has 0 spiro atoms. The van der Waals surface area contributed by atoms with Gasteiger partial charge < -0.3 is 4.57 Å². The molecule has 27 heavy (non-hydrogen) atoms. The van der Waals surface area contributed by atoms with Gasteiger partial charge >= 0.3 is 0 Å². The Balaban J connectivity index is 1.42. The minimum Gasteiger partial charge on any atom is -0.334 e. The molecule has 0 N–H and O–H groups in total. The highest BCUT2D eigenvalue weighted by molar-refractivity contribution is 6.21. The molecule has 0 radical (unpaired) electrons. The number of carbonyl (C=O) groups is 2. The van der Waals surface area contributed by atoms with Crippen molar-refractivity contribution in [2.24, 2.45) is 0 Å². The van der Waals surface area contributed by atoms with Crippen LogP contribution in [-0.4, -0.2) is 32.8 Å². The van der Waals surface area contributed by atoms with Crippen molar-refractivity contribution in [2.75, 3.05) is 6.54 Å². The molecule has 4 rings (SSSR count). The number of amides is 2. The van der Waals surface area contributed by atoms with Crippen molar-refractivity contribution in [3.8, 4) is 0 Å². The van der Waals surface area contributed by atoms with E-state index < -0.39 is 0 Å². The normalized spacial score (nSPS) is 13.3. The maximum Gasteiger partial charge on any atom is 0.261 e. The average molecular weight is 359 g/mol. The van der Waals surface area contributed by atoms with Crippen LogP contribution < -0.4 is 0 Å². The van der Waals surface area contributed by atoms with Crippen LogP contribution in [0.15, 0.2) is 60.8 Å². The molecule has 136 valence electrons. The zero-order valence-electron chi connectivity index (χ0n) is 15.3. The Morgan fingerprint density at radius 2 is 1.48 bits per heavy atom. The molecule has 1 aromatic heterocycles. The second-order valence-corrected chi connectivity index (χ2v) is 6.82. The van der Waals surface area contributed by atoms with Crippen molar-refractivity contribution in [1.29, 1.82) is 0 Å². The smallest absolute Gasteiger partial charge is 0.261 e. The molecule has 0 atom stereocenters. The topological polar surface area (TPSA) is 55.2 Å². The van der Waals surface area contributed by atoms with Gasteiger partial charge in [-0.1, -0.05) is 42.5 Å². The Hall–Kier alpha value is -3.21. The lowest BCUT2D eigenvalue weighted by Crippen LogP contribution is -2.31. The molecular weight excluding hydrogens is 338 g/mol. The van der Waals surface area contributed by atoms with Crippen LogP contribution in [0.4, 0.5) is 0 Å². The number of carbonyl (C=O) groups excluding carboxylic acids is 2. The number of nitrogens with zero attached hydrogens (tertiary/aromatic N) is 3. The summed E-state index contributed by atoms with van der Waals surface area (Å²) in [6.45, 7) is 3.11. The average Bonchev–Trinajstić information content (AvgIpc) is 3.15. The van der Waals surface area contributed by atoms with Gasteiger partial charge in [0.2, 0.25) is 0 Å². The highest BCUT2D eigenvalue weighted by atomic mass is 16.2. The fourth-order valence-corrected chi connectivity index (χ4v) is 3.55. The first-order valence-corrected chi connectivity index (χ1v) is 9.15. The maximum absolute atomic E-state index is 12.4. The summed E-state index contributed by atoms with van der Waals surface area (Å²) in [5, 5.41) is 0. The van der Waals surface area contributed by atoms with E-state index in [2.05, 4.69) is 21.7 Å². The first kappa shape index (κ1) is 17.2. The largest absolute Gasteiger partial charge is 0.334 e. The molecule has 3 aromatic rings. The first-order valence-electron chi connectivity index (χ1n) is 9.15. The van der Waals surface area contributed by atoms with Gasteiger partial charge in [0.15, 0.2) is 0 Å². The number of benzene rings is 2. The van der Waals surface area contributed by atoms with E-state index in [0.29, 0.717) is 24.1 Å². The number of hydrogen-bond acceptors (Lipinski definition) is 3. The number of hydrogen-bond donors (Lipinski definition) is 0. The Morgan fingerprint density at radius 3 is 2.15 bits per heavy atom. The second-order valence-electron chi connectivity index (χ2n) is 6.82. The molecule has 0 aliphatic carbocycles. The molecule has 1 aliphatic heterocycles. The van der Waals surface area contributed by atoms with Crippen molar-refractivity contribution in [2.45, 2.75) is 26.3 Å². The molecule has 0 fully saturated rings. The van der Waals surface area contributed by atoms with Crippen LogP contribution >= 0.6 is 0 Å². The predicted molar refractivity (Wildman–Crippen MR) is 103 cm³/mol. The Morgan fingerprint density at radius 1 is 0.852 bits per heavy atom. The van der Waals surface area contributed by atoms with E-state index in [1.54, 1.807) is 24.3 Å².